The van der Waals surface area contributed by atoms with Gasteiger partial charge >= 0.3 is 0 Å². The molecule has 0 saturated heterocycles. The zero-order valence-corrected chi connectivity index (χ0v) is 7.70. The Kier molecular flexibility index (Phi) is 2.45. The highest BCUT2D eigenvalue weighted by atomic mass is 19.1. The van der Waals surface area contributed by atoms with Crippen LogP contribution in [-0.2, 0) is 0 Å². The lowest BCUT2D eigenvalue weighted by Crippen LogP contribution is -2.28. The summed E-state index contributed by atoms with van der Waals surface area (Å²) in [4.78, 5) is 4.33. The van der Waals surface area contributed by atoms with Gasteiger partial charge in [-0.3, -0.25) is 4.99 Å². The van der Waals surface area contributed by atoms with Gasteiger partial charge < -0.3 is 5.43 Å². The van der Waals surface area contributed by atoms with Crippen molar-refractivity contribution in [3.63, 3.8) is 0 Å². The van der Waals surface area contributed by atoms with E-state index in [4.69, 9.17) is 5.84 Å². The number of hydrazine groups is 1. The molecule has 1 aliphatic heterocycles. The largest absolute Gasteiger partial charge is 0.312 e. The van der Waals surface area contributed by atoms with Gasteiger partial charge in [0.1, 0.15) is 11.7 Å². The lowest BCUT2D eigenvalue weighted by atomic mass is 10.1. The Balaban J connectivity index is 2.21. The van der Waals surface area contributed by atoms with E-state index in [9.17, 15) is 4.39 Å². The van der Waals surface area contributed by atoms with Gasteiger partial charge in [0.25, 0.3) is 0 Å². The smallest absolute Gasteiger partial charge is 0.123 e. The molecular weight excluding hydrogens is 181 g/mol. The molecule has 0 aliphatic carbocycles. The van der Waals surface area contributed by atoms with Crippen LogP contribution in [0.5, 0.6) is 0 Å². The Hall–Kier alpha value is -1.42. The molecule has 0 bridgehead atoms. The minimum Gasteiger partial charge on any atom is -0.312 e. The third-order valence-electron chi connectivity index (χ3n) is 2.37. The monoisotopic (exact) mass is 193 g/mol. The molecule has 74 valence electrons. The third kappa shape index (κ3) is 1.75. The van der Waals surface area contributed by atoms with E-state index in [0.29, 0.717) is 0 Å². The summed E-state index contributed by atoms with van der Waals surface area (Å²) >= 11 is 0. The van der Waals surface area contributed by atoms with Crippen molar-refractivity contribution in [1.29, 1.82) is 0 Å². The van der Waals surface area contributed by atoms with Crippen molar-refractivity contribution in [3.8, 4) is 0 Å². The van der Waals surface area contributed by atoms with Gasteiger partial charge in [-0.15, -0.1) is 0 Å². The Morgan fingerprint density at radius 3 is 3.00 bits per heavy atom. The van der Waals surface area contributed by atoms with E-state index < -0.39 is 0 Å². The molecule has 14 heavy (non-hydrogen) atoms. The fourth-order valence-electron chi connectivity index (χ4n) is 1.66. The average Bonchev–Trinajstić information content (AvgIpc) is 2.66. The summed E-state index contributed by atoms with van der Waals surface area (Å²) in [7, 11) is 0. The summed E-state index contributed by atoms with van der Waals surface area (Å²) in [6, 6.07) is 6.60. The predicted octanol–water partition coefficient (Wildman–Crippen LogP) is 1.52. The molecule has 1 aromatic carbocycles. The van der Waals surface area contributed by atoms with Gasteiger partial charge in [-0.2, -0.15) is 0 Å². The molecule has 0 spiro atoms. The number of rotatable bonds is 1. The number of nitrogens with one attached hydrogen (secondary N) is 1. The van der Waals surface area contributed by atoms with Crippen LogP contribution in [0.25, 0.3) is 0 Å². The Labute approximate surface area is 81.8 Å². The first kappa shape index (κ1) is 9.15. The van der Waals surface area contributed by atoms with Gasteiger partial charge in [0.15, 0.2) is 0 Å². The van der Waals surface area contributed by atoms with Crippen molar-refractivity contribution in [1.82, 2.24) is 5.43 Å². The van der Waals surface area contributed by atoms with E-state index in [1.54, 1.807) is 6.07 Å². The molecule has 0 fully saturated rings. The predicted molar refractivity (Wildman–Crippen MR) is 53.1 cm³/mol. The normalized spacial score (nSPS) is 20.7. The van der Waals surface area contributed by atoms with E-state index in [0.717, 1.165) is 24.2 Å². The van der Waals surface area contributed by atoms with E-state index in [1.165, 1.54) is 12.1 Å². The highest BCUT2D eigenvalue weighted by molar-refractivity contribution is 5.83. The highest BCUT2D eigenvalue weighted by Crippen LogP contribution is 2.28. The van der Waals surface area contributed by atoms with Gasteiger partial charge in [-0.25, -0.2) is 10.2 Å². The molecule has 3 N–H and O–H groups in total. The third-order valence-corrected chi connectivity index (χ3v) is 2.37. The van der Waals surface area contributed by atoms with Crippen molar-refractivity contribution in [2.24, 2.45) is 10.8 Å². The summed E-state index contributed by atoms with van der Waals surface area (Å²) in [5.41, 5.74) is 3.45. The van der Waals surface area contributed by atoms with Gasteiger partial charge in [-0.1, -0.05) is 12.1 Å². The molecule has 0 saturated carbocycles. The van der Waals surface area contributed by atoms with E-state index in [2.05, 4.69) is 10.4 Å². The summed E-state index contributed by atoms with van der Waals surface area (Å²) in [6.45, 7) is 0. The Bertz CT molecular complexity index is 362. The fraction of sp³-hybridized carbons (Fsp3) is 0.300. The number of hydrogen-bond acceptors (Lipinski definition) is 3. The number of nitrogens with two attached hydrogens (primary N) is 1. The second-order valence-corrected chi connectivity index (χ2v) is 3.33. The molecule has 0 amide bonds. The topological polar surface area (TPSA) is 50.4 Å². The van der Waals surface area contributed by atoms with Gasteiger partial charge in [0.2, 0.25) is 0 Å². The molecule has 3 nitrogen and oxygen atoms in total. The van der Waals surface area contributed by atoms with Crippen LogP contribution in [-0.4, -0.2) is 5.84 Å². The van der Waals surface area contributed by atoms with Crippen LogP contribution in [0.4, 0.5) is 4.39 Å². The first-order chi connectivity index (χ1) is 6.79. The van der Waals surface area contributed by atoms with Gasteiger partial charge in [0, 0.05) is 6.42 Å². The van der Waals surface area contributed by atoms with Crippen LogP contribution in [0.15, 0.2) is 29.3 Å². The molecule has 1 aromatic rings. The first-order valence-corrected chi connectivity index (χ1v) is 4.58. The first-order valence-electron chi connectivity index (χ1n) is 4.58. The van der Waals surface area contributed by atoms with Crippen LogP contribution in [0.2, 0.25) is 0 Å². The fourth-order valence-corrected chi connectivity index (χ4v) is 1.66. The highest BCUT2D eigenvalue weighted by Gasteiger charge is 2.18. The number of nitrogens with zero attached hydrogens (tertiary/aromatic N) is 1. The van der Waals surface area contributed by atoms with Crippen molar-refractivity contribution in [2.45, 2.75) is 18.9 Å². The molecular formula is C10H12FN3. The van der Waals surface area contributed by atoms with Crippen LogP contribution in [0, 0.1) is 5.82 Å². The Morgan fingerprint density at radius 2 is 2.36 bits per heavy atom. The van der Waals surface area contributed by atoms with Crippen molar-refractivity contribution in [2.75, 3.05) is 0 Å². The quantitative estimate of drug-likeness (QED) is 0.525. The van der Waals surface area contributed by atoms with E-state index in [1.807, 2.05) is 6.07 Å². The maximum absolute atomic E-state index is 12.9. The molecule has 1 heterocycles. The molecule has 1 unspecified atom stereocenters. The maximum atomic E-state index is 12.9. The van der Waals surface area contributed by atoms with Crippen LogP contribution in [0.1, 0.15) is 24.4 Å². The lowest BCUT2D eigenvalue weighted by Gasteiger charge is -2.05. The minimum atomic E-state index is -0.216. The van der Waals surface area contributed by atoms with Crippen molar-refractivity contribution in [3.05, 3.63) is 35.6 Å². The van der Waals surface area contributed by atoms with Crippen LogP contribution >= 0.6 is 0 Å². The standard InChI is InChI=1S/C10H12FN3/c11-8-3-1-2-7(6-8)9-4-5-10(13-9)14-12/h1-3,6,9H,4-5,12H2,(H,13,14). The zero-order chi connectivity index (χ0) is 9.97. The average molecular weight is 193 g/mol. The summed E-state index contributed by atoms with van der Waals surface area (Å²) in [6.07, 6.45) is 1.72. The van der Waals surface area contributed by atoms with Crippen molar-refractivity contribution >= 4 is 5.84 Å². The number of amidine groups is 1. The van der Waals surface area contributed by atoms with Crippen LogP contribution in [0.3, 0.4) is 0 Å². The summed E-state index contributed by atoms with van der Waals surface area (Å²) in [5, 5.41) is 0. The molecule has 0 aromatic heterocycles. The number of aliphatic imine (C=N–C) groups is 1. The molecule has 0 radical (unpaired) electrons. The van der Waals surface area contributed by atoms with Gasteiger partial charge in [-0.05, 0) is 24.1 Å². The summed E-state index contributed by atoms with van der Waals surface area (Å²) in [5.74, 6) is 5.82. The Morgan fingerprint density at radius 1 is 1.50 bits per heavy atom. The number of halogens is 1. The number of hydrogen-bond donors (Lipinski definition) is 2. The lowest BCUT2D eigenvalue weighted by molar-refractivity contribution is 0.619. The van der Waals surface area contributed by atoms with Crippen LogP contribution < -0.4 is 11.3 Å². The summed E-state index contributed by atoms with van der Waals surface area (Å²) < 4.78 is 12.9. The van der Waals surface area contributed by atoms with Crippen molar-refractivity contribution < 1.29 is 4.39 Å². The number of benzene rings is 1. The second kappa shape index (κ2) is 3.75. The molecule has 1 aliphatic rings. The van der Waals surface area contributed by atoms with E-state index >= 15 is 0 Å². The molecule has 2 rings (SSSR count). The molecule has 4 heteroatoms. The maximum Gasteiger partial charge on any atom is 0.123 e. The SMILES string of the molecule is NNC1=NC(c2cccc(F)c2)CC1. The molecule has 1 atom stereocenters. The van der Waals surface area contributed by atoms with Gasteiger partial charge in [0.05, 0.1) is 6.04 Å². The second-order valence-electron chi connectivity index (χ2n) is 3.33. The zero-order valence-electron chi connectivity index (χ0n) is 7.70. The van der Waals surface area contributed by atoms with E-state index in [-0.39, 0.29) is 11.9 Å². The minimum absolute atomic E-state index is 0.0525.